The highest BCUT2D eigenvalue weighted by atomic mass is 19.4. The number of hydrogen-bond donors (Lipinski definition) is 1. The average Bonchev–Trinajstić information content (AvgIpc) is 2.47. The minimum absolute atomic E-state index is 0.303. The Morgan fingerprint density at radius 3 is 2.38 bits per heavy atom. The monoisotopic (exact) mass is 290 g/mol. The number of aromatic nitrogens is 2. The molecule has 0 fully saturated rings. The summed E-state index contributed by atoms with van der Waals surface area (Å²) in [6.07, 6.45) is -4.42. The number of H-pyrrole nitrogens is 1. The van der Waals surface area contributed by atoms with E-state index in [-0.39, 0.29) is 5.56 Å². The zero-order valence-electron chi connectivity index (χ0n) is 10.6. The Kier molecular flexibility index (Phi) is 3.01. The molecule has 3 aromatic rings. The molecule has 2 aromatic carbocycles. The molecule has 0 spiro atoms. The quantitative estimate of drug-likeness (QED) is 0.744. The molecule has 1 heterocycles. The Bertz CT molecular complexity index is 868. The molecule has 21 heavy (non-hydrogen) atoms. The van der Waals surface area contributed by atoms with E-state index in [1.807, 2.05) is 0 Å². The highest BCUT2D eigenvalue weighted by molar-refractivity contribution is 5.93. The summed E-state index contributed by atoms with van der Waals surface area (Å²) in [7, 11) is 0. The number of rotatable bonds is 1. The number of fused-ring (bicyclic) bond motifs is 1. The summed E-state index contributed by atoms with van der Waals surface area (Å²) >= 11 is 0. The standard InChI is InChI=1S/C15H9F3N2O/c16-15(17,18)10-5-3-4-9(8-10)13-11-6-1-2-7-12(11)14(21)20-19-13/h1-8H,(H,20,21). The van der Waals surface area contributed by atoms with Crippen LogP contribution >= 0.6 is 0 Å². The Hall–Kier alpha value is -2.63. The van der Waals surface area contributed by atoms with E-state index >= 15 is 0 Å². The van der Waals surface area contributed by atoms with E-state index in [0.717, 1.165) is 12.1 Å². The van der Waals surface area contributed by atoms with Crippen LogP contribution in [0, 0.1) is 0 Å². The topological polar surface area (TPSA) is 45.8 Å². The Labute approximate surface area is 117 Å². The lowest BCUT2D eigenvalue weighted by atomic mass is 10.0. The maximum absolute atomic E-state index is 12.8. The third kappa shape index (κ3) is 2.40. The fourth-order valence-corrected chi connectivity index (χ4v) is 2.18. The highest BCUT2D eigenvalue weighted by Crippen LogP contribution is 2.32. The summed E-state index contributed by atoms with van der Waals surface area (Å²) < 4.78 is 38.4. The van der Waals surface area contributed by atoms with Crippen molar-refractivity contribution in [2.24, 2.45) is 0 Å². The summed E-state index contributed by atoms with van der Waals surface area (Å²) in [5.74, 6) is 0. The van der Waals surface area contributed by atoms with Crippen molar-refractivity contribution in [2.75, 3.05) is 0 Å². The molecule has 0 bridgehead atoms. The van der Waals surface area contributed by atoms with Crippen LogP contribution < -0.4 is 5.56 Å². The molecule has 3 nitrogen and oxygen atoms in total. The van der Waals surface area contributed by atoms with Crippen molar-refractivity contribution in [3.8, 4) is 11.3 Å². The number of alkyl halides is 3. The van der Waals surface area contributed by atoms with Gasteiger partial charge in [0.1, 0.15) is 0 Å². The van der Waals surface area contributed by atoms with Gasteiger partial charge in [0.15, 0.2) is 0 Å². The summed E-state index contributed by atoms with van der Waals surface area (Å²) in [5.41, 5.74) is -0.507. The number of benzene rings is 2. The molecule has 0 aliphatic rings. The van der Waals surface area contributed by atoms with Gasteiger partial charge < -0.3 is 0 Å². The number of nitrogens with one attached hydrogen (secondary N) is 1. The van der Waals surface area contributed by atoms with Gasteiger partial charge in [0.05, 0.1) is 16.6 Å². The first-order valence-corrected chi connectivity index (χ1v) is 6.12. The number of hydrogen-bond acceptors (Lipinski definition) is 2. The summed E-state index contributed by atoms with van der Waals surface area (Å²) in [6.45, 7) is 0. The van der Waals surface area contributed by atoms with Gasteiger partial charge in [0, 0.05) is 10.9 Å². The molecule has 1 N–H and O–H groups in total. The highest BCUT2D eigenvalue weighted by Gasteiger charge is 2.30. The van der Waals surface area contributed by atoms with Crippen LogP contribution in [0.15, 0.2) is 53.3 Å². The zero-order valence-corrected chi connectivity index (χ0v) is 10.6. The van der Waals surface area contributed by atoms with E-state index in [9.17, 15) is 18.0 Å². The maximum atomic E-state index is 12.8. The minimum atomic E-state index is -4.42. The SMILES string of the molecule is O=c1[nH]nc(-c2cccc(C(F)(F)F)c2)c2ccccc12. The molecule has 0 aliphatic heterocycles. The van der Waals surface area contributed by atoms with E-state index in [1.54, 1.807) is 24.3 Å². The van der Waals surface area contributed by atoms with Crippen LogP contribution in [0.1, 0.15) is 5.56 Å². The molecular weight excluding hydrogens is 281 g/mol. The van der Waals surface area contributed by atoms with E-state index in [4.69, 9.17) is 0 Å². The first-order chi connectivity index (χ1) is 9.97. The lowest BCUT2D eigenvalue weighted by Gasteiger charge is -2.09. The lowest BCUT2D eigenvalue weighted by Crippen LogP contribution is -2.10. The van der Waals surface area contributed by atoms with Gasteiger partial charge in [-0.05, 0) is 18.2 Å². The van der Waals surface area contributed by atoms with Gasteiger partial charge >= 0.3 is 6.18 Å². The first kappa shape index (κ1) is 13.4. The second kappa shape index (κ2) is 4.73. The van der Waals surface area contributed by atoms with Crippen LogP contribution in [-0.2, 0) is 6.18 Å². The summed E-state index contributed by atoms with van der Waals surface area (Å²) in [4.78, 5) is 11.7. The van der Waals surface area contributed by atoms with Gasteiger partial charge in [-0.3, -0.25) is 4.79 Å². The summed E-state index contributed by atoms with van der Waals surface area (Å²) in [5, 5.41) is 7.11. The van der Waals surface area contributed by atoms with Crippen molar-refractivity contribution in [3.05, 3.63) is 64.4 Å². The molecule has 0 saturated carbocycles. The molecule has 1 aromatic heterocycles. The fraction of sp³-hybridized carbons (Fsp3) is 0.0667. The first-order valence-electron chi connectivity index (χ1n) is 6.12. The van der Waals surface area contributed by atoms with Gasteiger partial charge in [0.25, 0.3) is 5.56 Å². The van der Waals surface area contributed by atoms with Crippen LogP contribution in [0.25, 0.3) is 22.0 Å². The van der Waals surface area contributed by atoms with Crippen molar-refractivity contribution in [3.63, 3.8) is 0 Å². The van der Waals surface area contributed by atoms with Crippen LogP contribution in [0.5, 0.6) is 0 Å². The van der Waals surface area contributed by atoms with Crippen molar-refractivity contribution in [1.29, 1.82) is 0 Å². The Morgan fingerprint density at radius 1 is 0.952 bits per heavy atom. The third-order valence-corrected chi connectivity index (χ3v) is 3.16. The van der Waals surface area contributed by atoms with E-state index < -0.39 is 11.7 Å². The molecule has 106 valence electrons. The average molecular weight is 290 g/mol. The number of aromatic amines is 1. The molecular formula is C15H9F3N2O. The van der Waals surface area contributed by atoms with Crippen molar-refractivity contribution in [2.45, 2.75) is 6.18 Å². The predicted octanol–water partition coefficient (Wildman–Crippen LogP) is 3.61. The van der Waals surface area contributed by atoms with Gasteiger partial charge in [-0.15, -0.1) is 0 Å². The molecule has 0 radical (unpaired) electrons. The zero-order chi connectivity index (χ0) is 15.0. The van der Waals surface area contributed by atoms with Gasteiger partial charge in [-0.25, -0.2) is 5.10 Å². The van der Waals surface area contributed by atoms with Crippen LogP contribution in [0.3, 0.4) is 0 Å². The van der Waals surface area contributed by atoms with E-state index in [0.29, 0.717) is 22.0 Å². The molecule has 0 aliphatic carbocycles. The molecule has 0 unspecified atom stereocenters. The Morgan fingerprint density at radius 2 is 1.67 bits per heavy atom. The van der Waals surface area contributed by atoms with Gasteiger partial charge in [-0.2, -0.15) is 18.3 Å². The van der Waals surface area contributed by atoms with Crippen molar-refractivity contribution in [1.82, 2.24) is 10.2 Å². The van der Waals surface area contributed by atoms with Crippen LogP contribution in [0.4, 0.5) is 13.2 Å². The normalized spacial score (nSPS) is 11.8. The van der Waals surface area contributed by atoms with Crippen LogP contribution in [0.2, 0.25) is 0 Å². The van der Waals surface area contributed by atoms with Crippen molar-refractivity contribution < 1.29 is 13.2 Å². The molecule has 0 atom stereocenters. The molecule has 3 rings (SSSR count). The summed E-state index contributed by atoms with van der Waals surface area (Å²) in [6, 6.07) is 11.5. The van der Waals surface area contributed by atoms with E-state index in [1.165, 1.54) is 12.1 Å². The largest absolute Gasteiger partial charge is 0.416 e. The maximum Gasteiger partial charge on any atom is 0.416 e. The fourth-order valence-electron chi connectivity index (χ4n) is 2.18. The molecule has 6 heteroatoms. The predicted molar refractivity (Wildman–Crippen MR) is 72.8 cm³/mol. The number of halogens is 3. The van der Waals surface area contributed by atoms with Crippen LogP contribution in [-0.4, -0.2) is 10.2 Å². The van der Waals surface area contributed by atoms with Gasteiger partial charge in [-0.1, -0.05) is 30.3 Å². The smallest absolute Gasteiger partial charge is 0.267 e. The lowest BCUT2D eigenvalue weighted by molar-refractivity contribution is -0.137. The second-order valence-corrected chi connectivity index (χ2v) is 4.53. The van der Waals surface area contributed by atoms with Crippen molar-refractivity contribution >= 4 is 10.8 Å². The van der Waals surface area contributed by atoms with E-state index in [2.05, 4.69) is 10.2 Å². The van der Waals surface area contributed by atoms with Gasteiger partial charge in [0.2, 0.25) is 0 Å². The number of nitrogens with zero attached hydrogens (tertiary/aromatic N) is 1. The Balaban J connectivity index is 2.27. The minimum Gasteiger partial charge on any atom is -0.267 e. The second-order valence-electron chi connectivity index (χ2n) is 4.53. The molecule has 0 amide bonds. The molecule has 0 saturated heterocycles. The third-order valence-electron chi connectivity index (χ3n) is 3.16.